The maximum absolute atomic E-state index is 12.7. The Morgan fingerprint density at radius 1 is 1.15 bits per heavy atom. The van der Waals surface area contributed by atoms with Gasteiger partial charge >= 0.3 is 0 Å². The number of pyridine rings is 1. The number of aromatic nitrogens is 1. The summed E-state index contributed by atoms with van der Waals surface area (Å²) in [5.41, 5.74) is 1.14. The second-order valence-corrected chi connectivity index (χ2v) is 7.21. The van der Waals surface area contributed by atoms with Crippen molar-refractivity contribution in [2.24, 2.45) is 0 Å². The Bertz CT molecular complexity index is 930. The average molecular weight is 411 g/mol. The van der Waals surface area contributed by atoms with E-state index >= 15 is 0 Å². The maximum atomic E-state index is 12.7. The molecule has 1 atom stereocenters. The molecular formula is C21H19BrN2O2. The lowest BCUT2D eigenvalue weighted by Crippen LogP contribution is -2.34. The molecule has 0 bridgehead atoms. The lowest BCUT2D eigenvalue weighted by molar-refractivity contribution is -0.134. The van der Waals surface area contributed by atoms with Crippen LogP contribution in [0, 0.1) is 0 Å². The molecule has 5 heteroatoms. The van der Waals surface area contributed by atoms with Crippen LogP contribution >= 0.6 is 15.9 Å². The molecule has 0 radical (unpaired) electrons. The predicted octanol–water partition coefficient (Wildman–Crippen LogP) is 4.74. The molecule has 0 aliphatic carbocycles. The van der Waals surface area contributed by atoms with Crippen LogP contribution in [0.2, 0.25) is 0 Å². The van der Waals surface area contributed by atoms with Gasteiger partial charge < -0.3 is 9.64 Å². The second-order valence-electron chi connectivity index (χ2n) is 6.41. The van der Waals surface area contributed by atoms with Gasteiger partial charge in [0.2, 0.25) is 0 Å². The minimum Gasteiger partial charge on any atom is -0.483 e. The van der Waals surface area contributed by atoms with E-state index in [1.54, 1.807) is 12.4 Å². The molecule has 1 amide bonds. The van der Waals surface area contributed by atoms with Gasteiger partial charge in [0.05, 0.1) is 10.5 Å². The van der Waals surface area contributed by atoms with Gasteiger partial charge in [-0.25, -0.2) is 0 Å². The van der Waals surface area contributed by atoms with E-state index in [-0.39, 0.29) is 18.6 Å². The smallest absolute Gasteiger partial charge is 0.261 e. The summed E-state index contributed by atoms with van der Waals surface area (Å²) >= 11 is 3.61. The topological polar surface area (TPSA) is 42.4 Å². The van der Waals surface area contributed by atoms with Crippen LogP contribution in [0.3, 0.4) is 0 Å². The lowest BCUT2D eigenvalue weighted by Gasteiger charge is -2.25. The fourth-order valence-electron chi connectivity index (χ4n) is 3.54. The first-order valence-electron chi connectivity index (χ1n) is 8.73. The van der Waals surface area contributed by atoms with Gasteiger partial charge in [0.1, 0.15) is 5.75 Å². The van der Waals surface area contributed by atoms with Gasteiger partial charge in [0.25, 0.3) is 5.91 Å². The first-order chi connectivity index (χ1) is 12.7. The molecule has 0 spiro atoms. The monoisotopic (exact) mass is 410 g/mol. The van der Waals surface area contributed by atoms with E-state index in [1.807, 2.05) is 47.4 Å². The zero-order valence-electron chi connectivity index (χ0n) is 14.3. The Labute approximate surface area is 160 Å². The fourth-order valence-corrected chi connectivity index (χ4v) is 4.15. The number of fused-ring (bicyclic) bond motifs is 1. The van der Waals surface area contributed by atoms with Crippen LogP contribution in [0.1, 0.15) is 24.4 Å². The van der Waals surface area contributed by atoms with Crippen molar-refractivity contribution in [2.45, 2.75) is 18.9 Å². The zero-order chi connectivity index (χ0) is 17.9. The third-order valence-corrected chi connectivity index (χ3v) is 5.66. The van der Waals surface area contributed by atoms with Crippen LogP contribution in [0.5, 0.6) is 5.75 Å². The van der Waals surface area contributed by atoms with Crippen LogP contribution in [-0.4, -0.2) is 28.9 Å². The van der Waals surface area contributed by atoms with Crippen LogP contribution < -0.4 is 4.74 Å². The number of hydrogen-bond donors (Lipinski definition) is 0. The number of carbonyl (C=O) groups excluding carboxylic acids is 1. The van der Waals surface area contributed by atoms with E-state index in [1.165, 1.54) is 0 Å². The van der Waals surface area contributed by atoms with Gasteiger partial charge in [-0.1, -0.05) is 30.3 Å². The Morgan fingerprint density at radius 2 is 1.96 bits per heavy atom. The molecular weight excluding hydrogens is 392 g/mol. The quantitative estimate of drug-likeness (QED) is 0.623. The number of likely N-dealkylation sites (tertiary alicyclic amines) is 1. The van der Waals surface area contributed by atoms with Crippen molar-refractivity contribution >= 4 is 32.6 Å². The fraction of sp³-hybridized carbons (Fsp3) is 0.238. The highest BCUT2D eigenvalue weighted by Crippen LogP contribution is 2.34. The number of rotatable bonds is 4. The molecule has 1 aromatic heterocycles. The molecule has 1 aliphatic rings. The van der Waals surface area contributed by atoms with Gasteiger partial charge in [0.15, 0.2) is 6.61 Å². The average Bonchev–Trinajstić information content (AvgIpc) is 3.18. The minimum absolute atomic E-state index is 0.0179. The van der Waals surface area contributed by atoms with E-state index in [2.05, 4.69) is 27.0 Å². The highest BCUT2D eigenvalue weighted by atomic mass is 79.9. The summed E-state index contributed by atoms with van der Waals surface area (Å²) in [6.07, 6.45) is 5.55. The first-order valence-corrected chi connectivity index (χ1v) is 9.53. The molecule has 2 heterocycles. The standard InChI is InChI=1S/C21H19BrN2O2/c22-21-17-5-2-1-4-15(17)7-8-19(21)26-14-20(25)24-13-3-6-18(24)16-9-11-23-12-10-16/h1-2,4-5,7-12,18H,3,6,13-14H2. The number of ether oxygens (including phenoxy) is 1. The van der Waals surface area contributed by atoms with Crippen molar-refractivity contribution in [1.29, 1.82) is 0 Å². The highest BCUT2D eigenvalue weighted by Gasteiger charge is 2.30. The van der Waals surface area contributed by atoms with Crippen molar-refractivity contribution in [1.82, 2.24) is 9.88 Å². The van der Waals surface area contributed by atoms with E-state index in [0.717, 1.165) is 40.2 Å². The van der Waals surface area contributed by atoms with Gasteiger partial charge in [0, 0.05) is 18.9 Å². The normalized spacial score (nSPS) is 16.8. The van der Waals surface area contributed by atoms with E-state index in [0.29, 0.717) is 5.75 Å². The van der Waals surface area contributed by atoms with Crippen LogP contribution in [-0.2, 0) is 4.79 Å². The number of nitrogens with zero attached hydrogens (tertiary/aromatic N) is 2. The number of carbonyl (C=O) groups is 1. The summed E-state index contributed by atoms with van der Waals surface area (Å²) in [6.45, 7) is 0.812. The Balaban J connectivity index is 1.48. The molecule has 4 rings (SSSR count). The largest absolute Gasteiger partial charge is 0.483 e. The van der Waals surface area contributed by atoms with Crippen LogP contribution in [0.15, 0.2) is 65.4 Å². The molecule has 0 N–H and O–H groups in total. The summed E-state index contributed by atoms with van der Waals surface area (Å²) in [7, 11) is 0. The minimum atomic E-state index is 0.0179. The van der Waals surface area contributed by atoms with Gasteiger partial charge in [-0.2, -0.15) is 0 Å². The third-order valence-electron chi connectivity index (χ3n) is 4.84. The molecule has 0 saturated carbocycles. The molecule has 1 aliphatic heterocycles. The summed E-state index contributed by atoms with van der Waals surface area (Å²) < 4.78 is 6.74. The number of halogens is 1. The molecule has 1 saturated heterocycles. The van der Waals surface area contributed by atoms with Crippen LogP contribution in [0.25, 0.3) is 10.8 Å². The molecule has 4 nitrogen and oxygen atoms in total. The molecule has 1 unspecified atom stereocenters. The molecule has 3 aromatic rings. The molecule has 1 fully saturated rings. The van der Waals surface area contributed by atoms with Crippen molar-refractivity contribution in [3.05, 3.63) is 71.0 Å². The highest BCUT2D eigenvalue weighted by molar-refractivity contribution is 9.10. The van der Waals surface area contributed by atoms with Crippen molar-refractivity contribution in [3.63, 3.8) is 0 Å². The summed E-state index contributed by atoms with van der Waals surface area (Å²) in [5, 5.41) is 2.21. The van der Waals surface area contributed by atoms with Crippen molar-refractivity contribution in [2.75, 3.05) is 13.2 Å². The number of hydrogen-bond acceptors (Lipinski definition) is 3. The predicted molar refractivity (Wildman–Crippen MR) is 105 cm³/mol. The van der Waals surface area contributed by atoms with Gasteiger partial charge in [-0.3, -0.25) is 9.78 Å². The summed E-state index contributed by atoms with van der Waals surface area (Å²) in [4.78, 5) is 18.7. The Kier molecular flexibility index (Phi) is 4.89. The third kappa shape index (κ3) is 3.31. The zero-order valence-corrected chi connectivity index (χ0v) is 15.9. The maximum Gasteiger partial charge on any atom is 0.261 e. The van der Waals surface area contributed by atoms with E-state index in [4.69, 9.17) is 4.74 Å². The molecule has 26 heavy (non-hydrogen) atoms. The molecule has 132 valence electrons. The van der Waals surface area contributed by atoms with Crippen molar-refractivity contribution in [3.8, 4) is 5.75 Å². The van der Waals surface area contributed by atoms with E-state index < -0.39 is 0 Å². The summed E-state index contributed by atoms with van der Waals surface area (Å²) in [6, 6.07) is 16.1. The van der Waals surface area contributed by atoms with E-state index in [9.17, 15) is 4.79 Å². The lowest BCUT2D eigenvalue weighted by atomic mass is 10.1. The van der Waals surface area contributed by atoms with Crippen molar-refractivity contribution < 1.29 is 9.53 Å². The molecule has 2 aromatic carbocycles. The Hall–Kier alpha value is -2.40. The first kappa shape index (κ1) is 17.0. The van der Waals surface area contributed by atoms with Gasteiger partial charge in [-0.05, 0) is 63.3 Å². The van der Waals surface area contributed by atoms with Gasteiger partial charge in [-0.15, -0.1) is 0 Å². The second kappa shape index (κ2) is 7.46. The number of benzene rings is 2. The summed E-state index contributed by atoms with van der Waals surface area (Å²) in [5.74, 6) is 0.709. The SMILES string of the molecule is O=C(COc1ccc2ccccc2c1Br)N1CCCC1c1ccncc1. The number of amides is 1. The van der Waals surface area contributed by atoms with Crippen LogP contribution in [0.4, 0.5) is 0 Å². The Morgan fingerprint density at radius 3 is 2.81 bits per heavy atom.